The summed E-state index contributed by atoms with van der Waals surface area (Å²) < 4.78 is 24.8. The Morgan fingerprint density at radius 3 is 2.19 bits per heavy atom. The average Bonchev–Trinajstić information content (AvgIpc) is 2.85. The number of carbonyl (C=O) groups excluding carboxylic acids is 1. The molecule has 5 nitrogen and oxygen atoms in total. The van der Waals surface area contributed by atoms with Crippen LogP contribution in [0, 0.1) is 5.82 Å². The maximum absolute atomic E-state index is 13.9. The van der Waals surface area contributed by atoms with Crippen LogP contribution in [-0.2, 0) is 13.2 Å². The SMILES string of the molecule is COc1ccc(OCc2ccc(C(=O)N3CCN(Cc4ccccc4F)CC3)cc2)cc1. The summed E-state index contributed by atoms with van der Waals surface area (Å²) in [6.45, 7) is 3.72. The summed E-state index contributed by atoms with van der Waals surface area (Å²) in [5, 5.41) is 0. The summed E-state index contributed by atoms with van der Waals surface area (Å²) in [6, 6.07) is 21.8. The quantitative estimate of drug-likeness (QED) is 0.554. The summed E-state index contributed by atoms with van der Waals surface area (Å²) in [5.41, 5.74) is 2.35. The molecule has 1 heterocycles. The van der Waals surface area contributed by atoms with Gasteiger partial charge in [0.15, 0.2) is 0 Å². The zero-order valence-corrected chi connectivity index (χ0v) is 18.2. The van der Waals surface area contributed by atoms with Crippen molar-refractivity contribution in [3.05, 3.63) is 95.3 Å². The molecule has 0 radical (unpaired) electrons. The number of amides is 1. The molecule has 0 aliphatic carbocycles. The van der Waals surface area contributed by atoms with Gasteiger partial charge < -0.3 is 14.4 Å². The molecule has 6 heteroatoms. The van der Waals surface area contributed by atoms with Crippen LogP contribution in [-0.4, -0.2) is 49.0 Å². The molecule has 0 atom stereocenters. The molecule has 1 amide bonds. The summed E-state index contributed by atoms with van der Waals surface area (Å²) in [5.74, 6) is 1.40. The van der Waals surface area contributed by atoms with Gasteiger partial charge in [-0.15, -0.1) is 0 Å². The molecule has 0 N–H and O–H groups in total. The second-order valence-electron chi connectivity index (χ2n) is 7.82. The minimum atomic E-state index is -0.179. The Morgan fingerprint density at radius 2 is 1.53 bits per heavy atom. The standard InChI is InChI=1S/C26H27FN2O3/c1-31-23-10-12-24(13-11-23)32-19-20-6-8-21(9-7-20)26(30)29-16-14-28(15-17-29)18-22-4-2-3-5-25(22)27/h2-13H,14-19H2,1H3. The molecule has 32 heavy (non-hydrogen) atoms. The van der Waals surface area contributed by atoms with Crippen molar-refractivity contribution >= 4 is 5.91 Å². The van der Waals surface area contributed by atoms with Crippen LogP contribution in [0.2, 0.25) is 0 Å². The van der Waals surface area contributed by atoms with Crippen molar-refractivity contribution in [2.24, 2.45) is 0 Å². The molecular formula is C26H27FN2O3. The predicted octanol–water partition coefficient (Wildman–Crippen LogP) is 4.37. The molecular weight excluding hydrogens is 407 g/mol. The zero-order valence-electron chi connectivity index (χ0n) is 18.2. The lowest BCUT2D eigenvalue weighted by Crippen LogP contribution is -2.48. The van der Waals surface area contributed by atoms with Gasteiger partial charge in [0.05, 0.1) is 7.11 Å². The van der Waals surface area contributed by atoms with E-state index in [9.17, 15) is 9.18 Å². The van der Waals surface area contributed by atoms with Gasteiger partial charge in [-0.1, -0.05) is 30.3 Å². The third-order valence-electron chi connectivity index (χ3n) is 5.68. The van der Waals surface area contributed by atoms with Gasteiger partial charge in [0.2, 0.25) is 0 Å². The number of hydrogen-bond donors (Lipinski definition) is 0. The van der Waals surface area contributed by atoms with Crippen LogP contribution in [0.25, 0.3) is 0 Å². The van der Waals surface area contributed by atoms with Gasteiger partial charge in [-0.2, -0.15) is 0 Å². The number of methoxy groups -OCH3 is 1. The number of piperazine rings is 1. The third kappa shape index (κ3) is 5.45. The minimum absolute atomic E-state index is 0.0261. The molecule has 0 spiro atoms. The summed E-state index contributed by atoms with van der Waals surface area (Å²) in [4.78, 5) is 16.9. The third-order valence-corrected chi connectivity index (χ3v) is 5.68. The van der Waals surface area contributed by atoms with Crippen LogP contribution in [0.3, 0.4) is 0 Å². The molecule has 0 saturated carbocycles. The van der Waals surface area contributed by atoms with Crippen LogP contribution in [0.1, 0.15) is 21.5 Å². The highest BCUT2D eigenvalue weighted by molar-refractivity contribution is 5.94. The molecule has 4 rings (SSSR count). The molecule has 1 aliphatic rings. The first-order chi connectivity index (χ1) is 15.6. The Morgan fingerprint density at radius 1 is 0.875 bits per heavy atom. The first-order valence-corrected chi connectivity index (χ1v) is 10.7. The van der Waals surface area contributed by atoms with E-state index in [1.54, 1.807) is 13.2 Å². The van der Waals surface area contributed by atoms with Crippen molar-refractivity contribution in [1.29, 1.82) is 0 Å². The Balaban J connectivity index is 1.27. The fourth-order valence-electron chi connectivity index (χ4n) is 3.74. The van der Waals surface area contributed by atoms with E-state index in [2.05, 4.69) is 4.90 Å². The first kappa shape index (κ1) is 21.8. The summed E-state index contributed by atoms with van der Waals surface area (Å²) in [6.07, 6.45) is 0. The van der Waals surface area contributed by atoms with Gasteiger partial charge >= 0.3 is 0 Å². The van der Waals surface area contributed by atoms with E-state index in [-0.39, 0.29) is 11.7 Å². The highest BCUT2D eigenvalue weighted by Crippen LogP contribution is 2.19. The topological polar surface area (TPSA) is 42.0 Å². The van der Waals surface area contributed by atoms with Crippen LogP contribution in [0.4, 0.5) is 4.39 Å². The van der Waals surface area contributed by atoms with Crippen molar-refractivity contribution in [3.63, 3.8) is 0 Å². The van der Waals surface area contributed by atoms with Crippen LogP contribution in [0.5, 0.6) is 11.5 Å². The maximum atomic E-state index is 13.9. The van der Waals surface area contributed by atoms with E-state index in [1.807, 2.05) is 65.6 Å². The number of nitrogens with zero attached hydrogens (tertiary/aromatic N) is 2. The van der Waals surface area contributed by atoms with E-state index in [0.717, 1.165) is 30.2 Å². The van der Waals surface area contributed by atoms with Gasteiger partial charge in [-0.3, -0.25) is 9.69 Å². The monoisotopic (exact) mass is 434 g/mol. The number of benzene rings is 3. The molecule has 166 valence electrons. The van der Waals surface area contributed by atoms with Gasteiger partial charge in [-0.25, -0.2) is 4.39 Å². The molecule has 1 saturated heterocycles. The molecule has 0 unspecified atom stereocenters. The van der Waals surface area contributed by atoms with E-state index in [1.165, 1.54) is 6.07 Å². The normalized spacial score (nSPS) is 14.2. The Bertz CT molecular complexity index is 1030. The van der Waals surface area contributed by atoms with Crippen LogP contribution in [0.15, 0.2) is 72.8 Å². The van der Waals surface area contributed by atoms with Gasteiger partial charge in [0, 0.05) is 43.9 Å². The number of carbonyl (C=O) groups is 1. The average molecular weight is 435 g/mol. The Labute approximate surface area is 188 Å². The van der Waals surface area contributed by atoms with Crippen molar-refractivity contribution < 1.29 is 18.7 Å². The smallest absolute Gasteiger partial charge is 0.253 e. The lowest BCUT2D eigenvalue weighted by atomic mass is 10.1. The summed E-state index contributed by atoms with van der Waals surface area (Å²) in [7, 11) is 1.63. The molecule has 3 aromatic carbocycles. The second kappa shape index (κ2) is 10.3. The minimum Gasteiger partial charge on any atom is -0.497 e. The highest BCUT2D eigenvalue weighted by atomic mass is 19.1. The number of ether oxygens (including phenoxy) is 2. The van der Waals surface area contributed by atoms with Crippen molar-refractivity contribution in [1.82, 2.24) is 9.80 Å². The number of rotatable bonds is 7. The molecule has 3 aromatic rings. The lowest BCUT2D eigenvalue weighted by molar-refractivity contribution is 0.0627. The highest BCUT2D eigenvalue weighted by Gasteiger charge is 2.22. The molecule has 0 aromatic heterocycles. The predicted molar refractivity (Wildman–Crippen MR) is 121 cm³/mol. The zero-order chi connectivity index (χ0) is 22.3. The molecule has 1 aliphatic heterocycles. The van der Waals surface area contributed by atoms with E-state index in [0.29, 0.717) is 37.4 Å². The maximum Gasteiger partial charge on any atom is 0.253 e. The number of halogens is 1. The number of hydrogen-bond acceptors (Lipinski definition) is 4. The fourth-order valence-corrected chi connectivity index (χ4v) is 3.74. The Kier molecular flexibility index (Phi) is 7.02. The van der Waals surface area contributed by atoms with Crippen molar-refractivity contribution in [2.45, 2.75) is 13.2 Å². The Hall–Kier alpha value is -3.38. The summed E-state index contributed by atoms with van der Waals surface area (Å²) >= 11 is 0. The van der Waals surface area contributed by atoms with Gasteiger partial charge in [-0.05, 0) is 48.0 Å². The van der Waals surface area contributed by atoms with E-state index >= 15 is 0 Å². The van der Waals surface area contributed by atoms with E-state index in [4.69, 9.17) is 9.47 Å². The van der Waals surface area contributed by atoms with Gasteiger partial charge in [0.25, 0.3) is 5.91 Å². The van der Waals surface area contributed by atoms with Gasteiger partial charge in [0.1, 0.15) is 23.9 Å². The molecule has 1 fully saturated rings. The fraction of sp³-hybridized carbons (Fsp3) is 0.269. The van der Waals surface area contributed by atoms with Crippen LogP contribution < -0.4 is 9.47 Å². The van der Waals surface area contributed by atoms with Crippen molar-refractivity contribution in [2.75, 3.05) is 33.3 Å². The first-order valence-electron chi connectivity index (χ1n) is 10.7. The van der Waals surface area contributed by atoms with Crippen molar-refractivity contribution in [3.8, 4) is 11.5 Å². The van der Waals surface area contributed by atoms with Crippen LogP contribution >= 0.6 is 0 Å². The lowest BCUT2D eigenvalue weighted by Gasteiger charge is -2.34. The second-order valence-corrected chi connectivity index (χ2v) is 7.82. The molecule has 0 bridgehead atoms. The largest absolute Gasteiger partial charge is 0.497 e. The van der Waals surface area contributed by atoms with E-state index < -0.39 is 0 Å².